The topological polar surface area (TPSA) is 82.0 Å². The zero-order chi connectivity index (χ0) is 9.90. The van der Waals surface area contributed by atoms with E-state index < -0.39 is 10.2 Å². The highest BCUT2D eigenvalue weighted by molar-refractivity contribution is 7.87. The van der Waals surface area contributed by atoms with E-state index in [2.05, 4.69) is 9.44 Å². The van der Waals surface area contributed by atoms with Gasteiger partial charge >= 0.3 is 0 Å². The van der Waals surface area contributed by atoms with E-state index in [9.17, 15) is 8.42 Å². The van der Waals surface area contributed by atoms with Crippen molar-refractivity contribution in [3.8, 4) is 6.07 Å². The Hall–Kier alpha value is -0.640. The number of nitriles is 1. The van der Waals surface area contributed by atoms with Gasteiger partial charge in [-0.25, -0.2) is 0 Å². The zero-order valence-corrected chi connectivity index (χ0v) is 8.26. The van der Waals surface area contributed by atoms with Gasteiger partial charge in [-0.15, -0.1) is 0 Å². The van der Waals surface area contributed by atoms with Crippen molar-refractivity contribution in [2.45, 2.75) is 38.3 Å². The van der Waals surface area contributed by atoms with Crippen LogP contribution in [0.2, 0.25) is 0 Å². The van der Waals surface area contributed by atoms with Crippen LogP contribution in [0.4, 0.5) is 0 Å². The maximum atomic E-state index is 11.2. The first-order valence-corrected chi connectivity index (χ1v) is 5.68. The summed E-state index contributed by atoms with van der Waals surface area (Å²) in [4.78, 5) is 0. The van der Waals surface area contributed by atoms with E-state index in [1.807, 2.05) is 6.07 Å². The number of rotatable bonds is 5. The van der Waals surface area contributed by atoms with Crippen molar-refractivity contribution in [3.05, 3.63) is 0 Å². The Morgan fingerprint density at radius 1 is 1.62 bits per heavy atom. The average molecular weight is 203 g/mol. The maximum Gasteiger partial charge on any atom is 0.277 e. The predicted molar refractivity (Wildman–Crippen MR) is 47.9 cm³/mol. The maximum absolute atomic E-state index is 11.2. The summed E-state index contributed by atoms with van der Waals surface area (Å²) >= 11 is 0. The molecule has 0 bridgehead atoms. The molecule has 1 unspecified atom stereocenters. The second-order valence-corrected chi connectivity index (χ2v) is 4.75. The highest BCUT2D eigenvalue weighted by atomic mass is 32.2. The van der Waals surface area contributed by atoms with Crippen LogP contribution in [0.25, 0.3) is 0 Å². The molecule has 5 nitrogen and oxygen atoms in total. The second kappa shape index (κ2) is 4.05. The molecule has 1 atom stereocenters. The second-order valence-electron chi connectivity index (χ2n) is 3.28. The summed E-state index contributed by atoms with van der Waals surface area (Å²) < 4.78 is 27.3. The van der Waals surface area contributed by atoms with Crippen molar-refractivity contribution in [2.75, 3.05) is 0 Å². The zero-order valence-electron chi connectivity index (χ0n) is 7.45. The minimum Gasteiger partial charge on any atom is -0.199 e. The SMILES string of the molecule is CC(CC#N)NS(=O)(=O)NC1CC1. The van der Waals surface area contributed by atoms with Gasteiger partial charge in [-0.05, 0) is 19.8 Å². The quantitative estimate of drug-likeness (QED) is 0.653. The van der Waals surface area contributed by atoms with Crippen molar-refractivity contribution in [1.29, 1.82) is 5.26 Å². The van der Waals surface area contributed by atoms with E-state index >= 15 is 0 Å². The molecule has 1 aliphatic rings. The van der Waals surface area contributed by atoms with Gasteiger partial charge in [0.25, 0.3) is 10.2 Å². The summed E-state index contributed by atoms with van der Waals surface area (Å²) in [6.45, 7) is 1.66. The molecule has 0 radical (unpaired) electrons. The summed E-state index contributed by atoms with van der Waals surface area (Å²) in [5.41, 5.74) is 0. The Morgan fingerprint density at radius 2 is 2.23 bits per heavy atom. The molecule has 0 amide bonds. The summed E-state index contributed by atoms with van der Waals surface area (Å²) in [5, 5.41) is 8.32. The molecule has 1 fully saturated rings. The monoisotopic (exact) mass is 203 g/mol. The van der Waals surface area contributed by atoms with E-state index in [0.29, 0.717) is 0 Å². The summed E-state index contributed by atoms with van der Waals surface area (Å²) in [5.74, 6) is 0. The van der Waals surface area contributed by atoms with Crippen LogP contribution in [0.15, 0.2) is 0 Å². The average Bonchev–Trinajstić information content (AvgIpc) is 2.69. The summed E-state index contributed by atoms with van der Waals surface area (Å²) in [6, 6.07) is 1.68. The molecule has 0 aromatic rings. The number of nitrogens with zero attached hydrogens (tertiary/aromatic N) is 1. The summed E-state index contributed by atoms with van der Waals surface area (Å²) in [7, 11) is -3.39. The molecule has 74 valence electrons. The molecule has 0 heterocycles. The first-order chi connectivity index (χ1) is 6.03. The van der Waals surface area contributed by atoms with Crippen LogP contribution in [-0.4, -0.2) is 20.5 Å². The highest BCUT2D eigenvalue weighted by Crippen LogP contribution is 2.19. The Morgan fingerprint density at radius 3 is 2.69 bits per heavy atom. The van der Waals surface area contributed by atoms with Crippen LogP contribution >= 0.6 is 0 Å². The minimum atomic E-state index is -3.39. The Labute approximate surface area is 78.3 Å². The lowest BCUT2D eigenvalue weighted by Crippen LogP contribution is -2.42. The van der Waals surface area contributed by atoms with E-state index in [-0.39, 0.29) is 18.5 Å². The largest absolute Gasteiger partial charge is 0.277 e. The Bertz CT molecular complexity index is 302. The fraction of sp³-hybridized carbons (Fsp3) is 0.857. The predicted octanol–water partition coefficient (Wildman–Crippen LogP) is -0.125. The van der Waals surface area contributed by atoms with Crippen molar-refractivity contribution in [2.24, 2.45) is 0 Å². The molecule has 0 aliphatic heterocycles. The van der Waals surface area contributed by atoms with Gasteiger partial charge in [-0.3, -0.25) is 0 Å². The fourth-order valence-electron chi connectivity index (χ4n) is 0.898. The van der Waals surface area contributed by atoms with Gasteiger partial charge in [0.2, 0.25) is 0 Å². The molecule has 2 N–H and O–H groups in total. The van der Waals surface area contributed by atoms with E-state index in [1.54, 1.807) is 6.92 Å². The fourth-order valence-corrected chi connectivity index (χ4v) is 2.25. The lowest BCUT2D eigenvalue weighted by Gasteiger charge is -2.10. The number of hydrogen-bond acceptors (Lipinski definition) is 3. The summed E-state index contributed by atoms with van der Waals surface area (Å²) in [6.07, 6.45) is 2.01. The van der Waals surface area contributed by atoms with E-state index in [4.69, 9.17) is 5.26 Å². The first-order valence-electron chi connectivity index (χ1n) is 4.20. The third-order valence-corrected chi connectivity index (χ3v) is 3.01. The van der Waals surface area contributed by atoms with Crippen LogP contribution in [0, 0.1) is 11.3 Å². The molecule has 0 saturated heterocycles. The Balaban J connectivity index is 2.36. The van der Waals surface area contributed by atoms with Crippen LogP contribution < -0.4 is 9.44 Å². The van der Waals surface area contributed by atoms with Gasteiger partial charge < -0.3 is 0 Å². The molecule has 0 aromatic heterocycles. The van der Waals surface area contributed by atoms with Crippen LogP contribution in [-0.2, 0) is 10.2 Å². The van der Waals surface area contributed by atoms with Gasteiger partial charge in [-0.2, -0.15) is 23.1 Å². The van der Waals surface area contributed by atoms with Gasteiger partial charge in [0.15, 0.2) is 0 Å². The van der Waals surface area contributed by atoms with Gasteiger partial charge in [0, 0.05) is 12.1 Å². The van der Waals surface area contributed by atoms with Gasteiger partial charge in [-0.1, -0.05) is 0 Å². The molecule has 6 heteroatoms. The third-order valence-electron chi connectivity index (χ3n) is 1.65. The van der Waals surface area contributed by atoms with Crippen molar-refractivity contribution in [1.82, 2.24) is 9.44 Å². The van der Waals surface area contributed by atoms with Crippen molar-refractivity contribution >= 4 is 10.2 Å². The first kappa shape index (κ1) is 10.4. The lowest BCUT2D eigenvalue weighted by molar-refractivity contribution is 0.548. The van der Waals surface area contributed by atoms with Crippen LogP contribution in [0.3, 0.4) is 0 Å². The highest BCUT2D eigenvalue weighted by Gasteiger charge is 2.27. The molecule has 0 spiro atoms. The minimum absolute atomic E-state index is 0.104. The third kappa shape index (κ3) is 4.22. The van der Waals surface area contributed by atoms with Crippen LogP contribution in [0.5, 0.6) is 0 Å². The van der Waals surface area contributed by atoms with Gasteiger partial charge in [0.1, 0.15) is 0 Å². The number of hydrogen-bond donors (Lipinski definition) is 2. The van der Waals surface area contributed by atoms with Gasteiger partial charge in [0.05, 0.1) is 12.5 Å². The smallest absolute Gasteiger partial charge is 0.199 e. The molecule has 13 heavy (non-hydrogen) atoms. The molecular weight excluding hydrogens is 190 g/mol. The van der Waals surface area contributed by atoms with E-state index in [0.717, 1.165) is 12.8 Å². The lowest BCUT2D eigenvalue weighted by atomic mass is 10.3. The Kier molecular flexibility index (Phi) is 3.25. The van der Waals surface area contributed by atoms with Crippen molar-refractivity contribution < 1.29 is 8.42 Å². The van der Waals surface area contributed by atoms with Crippen molar-refractivity contribution in [3.63, 3.8) is 0 Å². The standard InChI is InChI=1S/C7H13N3O2S/c1-6(4-5-8)9-13(11,12)10-7-2-3-7/h6-7,9-10H,2-4H2,1H3. The van der Waals surface area contributed by atoms with E-state index in [1.165, 1.54) is 0 Å². The number of nitrogens with one attached hydrogen (secondary N) is 2. The normalized spacial score (nSPS) is 19.4. The molecule has 1 rings (SSSR count). The molecule has 0 aromatic carbocycles. The molecule has 1 aliphatic carbocycles. The molecule has 1 saturated carbocycles. The molecular formula is C7H13N3O2S. The van der Waals surface area contributed by atoms with Crippen LogP contribution in [0.1, 0.15) is 26.2 Å².